The third-order valence-electron chi connectivity index (χ3n) is 5.48. The van der Waals surface area contributed by atoms with E-state index in [-0.39, 0.29) is 11.7 Å². The summed E-state index contributed by atoms with van der Waals surface area (Å²) in [5.41, 5.74) is 1.88. The first-order valence-electron chi connectivity index (χ1n) is 9.74. The molecule has 7 nitrogen and oxygen atoms in total. The van der Waals surface area contributed by atoms with Crippen LogP contribution in [-0.4, -0.2) is 60.1 Å². The fourth-order valence-electron chi connectivity index (χ4n) is 3.92. The lowest BCUT2D eigenvalue weighted by molar-refractivity contribution is -0.120. The van der Waals surface area contributed by atoms with Crippen LogP contribution in [0.25, 0.3) is 0 Å². The van der Waals surface area contributed by atoms with E-state index in [1.54, 1.807) is 0 Å². The highest BCUT2D eigenvalue weighted by atomic mass is 16.4. The fourth-order valence-corrected chi connectivity index (χ4v) is 3.92. The van der Waals surface area contributed by atoms with E-state index in [4.69, 9.17) is 4.42 Å². The number of fused-ring (bicyclic) bond motifs is 1. The average Bonchev–Trinajstić information content (AvgIpc) is 2.72. The Morgan fingerprint density at radius 3 is 2.61 bits per heavy atom. The van der Waals surface area contributed by atoms with Crippen molar-refractivity contribution in [3.63, 3.8) is 0 Å². The van der Waals surface area contributed by atoms with Crippen molar-refractivity contribution in [1.29, 1.82) is 0 Å². The van der Waals surface area contributed by atoms with Crippen LogP contribution in [0.5, 0.6) is 5.75 Å². The van der Waals surface area contributed by atoms with Crippen molar-refractivity contribution in [1.82, 2.24) is 9.80 Å². The Morgan fingerprint density at radius 1 is 1.07 bits per heavy atom. The number of rotatable bonds is 4. The molecule has 3 heterocycles. The third kappa shape index (κ3) is 4.10. The largest absolute Gasteiger partial charge is 0.502 e. The number of aromatic hydroxyl groups is 1. The predicted molar refractivity (Wildman–Crippen MR) is 105 cm³/mol. The van der Waals surface area contributed by atoms with Crippen LogP contribution in [0.2, 0.25) is 0 Å². The van der Waals surface area contributed by atoms with Gasteiger partial charge in [0, 0.05) is 44.5 Å². The van der Waals surface area contributed by atoms with Gasteiger partial charge in [0.1, 0.15) is 12.0 Å². The number of piperazine rings is 1. The highest BCUT2D eigenvalue weighted by molar-refractivity contribution is 5.95. The van der Waals surface area contributed by atoms with Gasteiger partial charge in [-0.2, -0.15) is 0 Å². The monoisotopic (exact) mass is 383 g/mol. The summed E-state index contributed by atoms with van der Waals surface area (Å²) in [4.78, 5) is 30.7. The molecular weight excluding hydrogens is 358 g/mol. The molecule has 0 unspecified atom stereocenters. The zero-order valence-corrected chi connectivity index (χ0v) is 15.8. The van der Waals surface area contributed by atoms with Gasteiger partial charge in [0.15, 0.2) is 5.75 Å². The summed E-state index contributed by atoms with van der Waals surface area (Å²) in [5, 5.41) is 9.27. The van der Waals surface area contributed by atoms with Crippen molar-refractivity contribution in [2.24, 2.45) is 0 Å². The molecule has 4 rings (SSSR count). The van der Waals surface area contributed by atoms with Crippen molar-refractivity contribution >= 4 is 11.6 Å². The number of carbonyl (C=O) groups excluding carboxylic acids is 1. The van der Waals surface area contributed by atoms with Gasteiger partial charge in [0.25, 0.3) is 0 Å². The van der Waals surface area contributed by atoms with Crippen LogP contribution in [0.3, 0.4) is 0 Å². The van der Waals surface area contributed by atoms with Crippen molar-refractivity contribution in [2.75, 3.05) is 44.2 Å². The van der Waals surface area contributed by atoms with Crippen molar-refractivity contribution in [3.8, 4) is 5.75 Å². The number of benzene rings is 1. The van der Waals surface area contributed by atoms with E-state index in [9.17, 15) is 14.7 Å². The molecule has 1 aromatic heterocycles. The molecule has 0 spiro atoms. The van der Waals surface area contributed by atoms with Crippen LogP contribution >= 0.6 is 0 Å². The summed E-state index contributed by atoms with van der Waals surface area (Å²) >= 11 is 0. The Balaban J connectivity index is 1.30. The molecular formula is C21H25N3O4. The molecule has 0 atom stereocenters. The maximum atomic E-state index is 12.9. The van der Waals surface area contributed by atoms with Crippen LogP contribution in [0.1, 0.15) is 17.7 Å². The molecule has 0 bridgehead atoms. The molecule has 1 amide bonds. The minimum atomic E-state index is -0.424. The number of aryl methyl sites for hydroxylation is 1. The van der Waals surface area contributed by atoms with Crippen LogP contribution < -0.4 is 10.3 Å². The molecule has 2 aliphatic rings. The van der Waals surface area contributed by atoms with Crippen LogP contribution in [0.15, 0.2) is 45.8 Å². The normalized spacial score (nSPS) is 18.1. The number of hydrogen-bond acceptors (Lipinski definition) is 6. The molecule has 0 aliphatic carbocycles. The average molecular weight is 383 g/mol. The molecule has 2 aliphatic heterocycles. The Kier molecular flexibility index (Phi) is 5.45. The minimum absolute atomic E-state index is 0.158. The second-order valence-electron chi connectivity index (χ2n) is 7.43. The molecule has 7 heteroatoms. The van der Waals surface area contributed by atoms with E-state index >= 15 is 0 Å². The molecule has 28 heavy (non-hydrogen) atoms. The second-order valence-corrected chi connectivity index (χ2v) is 7.43. The molecule has 0 saturated carbocycles. The molecule has 1 fully saturated rings. The van der Waals surface area contributed by atoms with Gasteiger partial charge >= 0.3 is 0 Å². The van der Waals surface area contributed by atoms with Crippen molar-refractivity contribution in [2.45, 2.75) is 19.4 Å². The molecule has 2 aromatic rings. The van der Waals surface area contributed by atoms with Gasteiger partial charge in [0.2, 0.25) is 11.3 Å². The van der Waals surface area contributed by atoms with Crippen LogP contribution in [0, 0.1) is 0 Å². The molecule has 1 N–H and O–H groups in total. The Hall–Kier alpha value is -2.64. The quantitative estimate of drug-likeness (QED) is 0.861. The number of nitrogens with zero attached hydrogens (tertiary/aromatic N) is 3. The van der Waals surface area contributed by atoms with Gasteiger partial charge in [0.05, 0.1) is 13.1 Å². The fraction of sp³-hybridized carbons (Fsp3) is 0.429. The van der Waals surface area contributed by atoms with E-state index in [2.05, 4.69) is 15.9 Å². The standard InChI is InChI=1S/C21H25N3O4/c25-19-12-17(28-15-20(19)26)13-22-8-10-23(11-9-22)14-21(27)24-7-3-5-16-4-1-2-6-18(16)24/h1-2,4,6,12,15,26H,3,5,7-11,13-14H2. The van der Waals surface area contributed by atoms with E-state index in [1.165, 1.54) is 11.6 Å². The first kappa shape index (κ1) is 18.7. The number of hydrogen-bond donors (Lipinski definition) is 1. The second kappa shape index (κ2) is 8.16. The topological polar surface area (TPSA) is 77.2 Å². The molecule has 148 valence electrons. The lowest BCUT2D eigenvalue weighted by atomic mass is 10.0. The molecule has 1 saturated heterocycles. The first-order chi connectivity index (χ1) is 13.6. The zero-order valence-electron chi connectivity index (χ0n) is 15.8. The summed E-state index contributed by atoms with van der Waals surface area (Å²) in [6.07, 6.45) is 3.13. The maximum Gasteiger partial charge on any atom is 0.241 e. The Bertz CT molecular complexity index is 903. The minimum Gasteiger partial charge on any atom is -0.502 e. The van der Waals surface area contributed by atoms with Gasteiger partial charge in [-0.1, -0.05) is 18.2 Å². The highest BCUT2D eigenvalue weighted by Gasteiger charge is 2.25. The van der Waals surface area contributed by atoms with Gasteiger partial charge in [-0.15, -0.1) is 0 Å². The first-order valence-corrected chi connectivity index (χ1v) is 9.74. The Labute approximate surface area is 163 Å². The number of para-hydroxylation sites is 1. The van der Waals surface area contributed by atoms with E-state index in [0.29, 0.717) is 18.8 Å². The number of anilines is 1. The number of amides is 1. The number of carbonyl (C=O) groups is 1. The lowest BCUT2D eigenvalue weighted by Crippen LogP contribution is -2.50. The molecule has 0 radical (unpaired) electrons. The SMILES string of the molecule is O=C(CN1CCN(Cc2cc(=O)c(O)co2)CC1)N1CCCc2ccccc21. The molecule has 1 aromatic carbocycles. The van der Waals surface area contributed by atoms with Gasteiger partial charge in [-0.3, -0.25) is 19.4 Å². The van der Waals surface area contributed by atoms with E-state index in [1.807, 2.05) is 23.1 Å². The van der Waals surface area contributed by atoms with Crippen LogP contribution in [0.4, 0.5) is 5.69 Å². The predicted octanol–water partition coefficient (Wildman–Crippen LogP) is 1.44. The van der Waals surface area contributed by atoms with E-state index < -0.39 is 5.43 Å². The smallest absolute Gasteiger partial charge is 0.241 e. The van der Waals surface area contributed by atoms with E-state index in [0.717, 1.165) is 57.5 Å². The lowest BCUT2D eigenvalue weighted by Gasteiger charge is -2.36. The summed E-state index contributed by atoms with van der Waals surface area (Å²) in [7, 11) is 0. The van der Waals surface area contributed by atoms with Gasteiger partial charge < -0.3 is 14.4 Å². The van der Waals surface area contributed by atoms with Gasteiger partial charge in [-0.05, 0) is 24.5 Å². The van der Waals surface area contributed by atoms with Gasteiger partial charge in [-0.25, -0.2) is 0 Å². The highest BCUT2D eigenvalue weighted by Crippen LogP contribution is 2.26. The summed E-state index contributed by atoms with van der Waals surface area (Å²) in [5.74, 6) is 0.328. The zero-order chi connectivity index (χ0) is 19.5. The summed E-state index contributed by atoms with van der Waals surface area (Å²) in [6, 6.07) is 9.50. The van der Waals surface area contributed by atoms with Crippen LogP contribution in [-0.2, 0) is 17.8 Å². The summed E-state index contributed by atoms with van der Waals surface area (Å²) in [6.45, 7) is 4.93. The van der Waals surface area contributed by atoms with Crippen molar-refractivity contribution in [3.05, 3.63) is 58.1 Å². The van der Waals surface area contributed by atoms with Crippen molar-refractivity contribution < 1.29 is 14.3 Å². The third-order valence-corrected chi connectivity index (χ3v) is 5.48. The summed E-state index contributed by atoms with van der Waals surface area (Å²) < 4.78 is 5.28. The Morgan fingerprint density at radius 2 is 1.82 bits per heavy atom. The maximum absolute atomic E-state index is 12.9.